The van der Waals surface area contributed by atoms with E-state index in [0.717, 1.165) is 7.11 Å². The second kappa shape index (κ2) is 20.5. The molecule has 5 aliphatic rings. The van der Waals surface area contributed by atoms with Gasteiger partial charge in [-0.3, -0.25) is 4.79 Å². The number of hydrogen-bond acceptors (Lipinski definition) is 17. The largest absolute Gasteiger partial charge is 0.400 e. The number of β-amino-alcohol motifs (C(OH)–C–C–N with tert-alkyl or cyclic N) is 1. The van der Waals surface area contributed by atoms with E-state index >= 15 is 0 Å². The molecule has 18 nitrogen and oxygen atoms in total. The highest BCUT2D eigenvalue weighted by Gasteiger charge is 2.47. The minimum absolute atomic E-state index is 0.0130. The summed E-state index contributed by atoms with van der Waals surface area (Å²) in [5.41, 5.74) is 20.7. The van der Waals surface area contributed by atoms with Gasteiger partial charge < -0.3 is 87.9 Å². The first-order valence-corrected chi connectivity index (χ1v) is 16.3. The number of hydrogen-bond donors (Lipinski definition) is 12. The van der Waals surface area contributed by atoms with Crippen molar-refractivity contribution in [2.75, 3.05) is 47.0 Å². The van der Waals surface area contributed by atoms with Crippen molar-refractivity contribution < 1.29 is 59.1 Å². The van der Waals surface area contributed by atoms with Gasteiger partial charge in [-0.05, 0) is 33.2 Å². The van der Waals surface area contributed by atoms with Crippen molar-refractivity contribution in [1.82, 2.24) is 10.6 Å². The van der Waals surface area contributed by atoms with Gasteiger partial charge in [-0.15, -0.1) is 0 Å². The molecule has 0 spiro atoms. The summed E-state index contributed by atoms with van der Waals surface area (Å²) in [6.45, 7) is 2.72. The van der Waals surface area contributed by atoms with Gasteiger partial charge in [0.05, 0.1) is 49.8 Å². The fourth-order valence-electron chi connectivity index (χ4n) is 5.98. The Labute approximate surface area is 276 Å². The zero-order valence-electron chi connectivity index (χ0n) is 27.7. The van der Waals surface area contributed by atoms with Crippen LogP contribution in [0.3, 0.4) is 0 Å². The number of rotatable bonds is 8. The molecule has 4 heterocycles. The van der Waals surface area contributed by atoms with E-state index in [2.05, 4.69) is 16.4 Å². The molecule has 0 aromatic heterocycles. The predicted molar refractivity (Wildman–Crippen MR) is 168 cm³/mol. The van der Waals surface area contributed by atoms with E-state index in [-0.39, 0.29) is 63.1 Å². The summed E-state index contributed by atoms with van der Waals surface area (Å²) in [5.74, 6) is -0.461. The quantitative estimate of drug-likeness (QED) is 0.114. The number of carbonyl (C=O) groups is 1. The summed E-state index contributed by atoms with van der Waals surface area (Å²) in [5, 5.41) is 61.8. The number of nitrogens with two attached hydrogens (primary N) is 4. The van der Waals surface area contributed by atoms with Gasteiger partial charge in [0, 0.05) is 58.1 Å². The minimum atomic E-state index is -1.43. The smallest absolute Gasteiger partial charge is 0.254 e. The van der Waals surface area contributed by atoms with Crippen LogP contribution in [0.15, 0.2) is 0 Å². The molecule has 278 valence electrons. The van der Waals surface area contributed by atoms with Crippen LogP contribution < -0.4 is 33.6 Å². The molecule has 7 unspecified atom stereocenters. The van der Waals surface area contributed by atoms with E-state index in [1.54, 1.807) is 0 Å². The van der Waals surface area contributed by atoms with Crippen LogP contribution in [0.1, 0.15) is 45.4 Å². The van der Waals surface area contributed by atoms with E-state index in [1.807, 2.05) is 6.92 Å². The molecule has 0 bridgehead atoms. The van der Waals surface area contributed by atoms with Crippen molar-refractivity contribution in [3.63, 3.8) is 0 Å². The molecule has 47 heavy (non-hydrogen) atoms. The Morgan fingerprint density at radius 2 is 1.64 bits per heavy atom. The molecule has 18 heteroatoms. The van der Waals surface area contributed by atoms with Crippen LogP contribution in [0.4, 0.5) is 0 Å². The number of amides is 1. The Hall–Kier alpha value is -1.17. The van der Waals surface area contributed by atoms with Crippen LogP contribution in [-0.2, 0) is 28.5 Å². The minimum Gasteiger partial charge on any atom is -0.400 e. The Kier molecular flexibility index (Phi) is 18.3. The molecule has 0 aromatic carbocycles. The molecular formula is C29H60N6O12. The number of aliphatic hydroxyl groups excluding tert-OH is 5. The van der Waals surface area contributed by atoms with Crippen molar-refractivity contribution in [3.05, 3.63) is 0 Å². The molecule has 1 amide bonds. The topological polar surface area (TPSA) is 313 Å². The Bertz CT molecular complexity index is 895. The van der Waals surface area contributed by atoms with Crippen molar-refractivity contribution in [2.24, 2.45) is 22.9 Å². The zero-order valence-corrected chi connectivity index (χ0v) is 27.7. The van der Waals surface area contributed by atoms with Crippen molar-refractivity contribution in [2.45, 2.75) is 131 Å². The van der Waals surface area contributed by atoms with E-state index in [1.165, 1.54) is 7.05 Å². The normalized spacial score (nSPS) is 41.0. The van der Waals surface area contributed by atoms with Gasteiger partial charge in [0.25, 0.3) is 5.91 Å². The summed E-state index contributed by atoms with van der Waals surface area (Å²) < 4.78 is 29.0. The molecule has 0 aromatic rings. The molecule has 16 N–H and O–H groups in total. The Balaban J connectivity index is 0.000000500. The first-order valence-electron chi connectivity index (χ1n) is 16.3. The molecule has 4 aliphatic heterocycles. The van der Waals surface area contributed by atoms with E-state index in [4.69, 9.17) is 51.1 Å². The SMILES string of the molecule is CN.CO.C[C@H]1CC(O)[C@@H](N)CO1.NCC1O[C@H](O[C@@H]2C(N)CC(NC(=O)C3(O)CNC3)CC2OC2CCC(CO)O2)C[C@H](O)[C@@H]1O. The number of carbonyl (C=O) groups excluding carboxylic acids is 1. The lowest BCUT2D eigenvalue weighted by Gasteiger charge is -2.45. The lowest BCUT2D eigenvalue weighted by molar-refractivity contribution is -0.288. The second-order valence-electron chi connectivity index (χ2n) is 12.4. The first kappa shape index (κ1) is 42.0. The highest BCUT2D eigenvalue weighted by molar-refractivity contribution is 5.86. The van der Waals surface area contributed by atoms with Gasteiger partial charge in [-0.2, -0.15) is 0 Å². The summed E-state index contributed by atoms with van der Waals surface area (Å²) >= 11 is 0. The highest BCUT2D eigenvalue weighted by Crippen LogP contribution is 2.32. The maximum atomic E-state index is 12.5. The summed E-state index contributed by atoms with van der Waals surface area (Å²) in [4.78, 5) is 12.5. The second-order valence-corrected chi connectivity index (χ2v) is 12.4. The van der Waals surface area contributed by atoms with Gasteiger partial charge >= 0.3 is 0 Å². The lowest BCUT2D eigenvalue weighted by atomic mass is 9.85. The first-order chi connectivity index (χ1) is 22.4. The van der Waals surface area contributed by atoms with Crippen LogP contribution in [0.2, 0.25) is 0 Å². The van der Waals surface area contributed by atoms with Gasteiger partial charge in [-0.25, -0.2) is 0 Å². The van der Waals surface area contributed by atoms with Crippen molar-refractivity contribution in [3.8, 4) is 0 Å². The van der Waals surface area contributed by atoms with Gasteiger partial charge in [0.2, 0.25) is 0 Å². The molecule has 13 atom stereocenters. The van der Waals surface area contributed by atoms with Crippen LogP contribution >= 0.6 is 0 Å². The standard InChI is InChI=1S/C21H38N4O9.C6H13NO2.CH5N.CH4O/c22-6-15-18(28)13(27)5-17(33-15)34-19-12(23)3-10(25-20(29)21(30)8-24-9-21)4-14(19)32-16-2-1-11(7-26)31-16;1-4-2-6(8)5(7)3-9-4;2*1-2/h10-19,24,26-28,30H,1-9,22-23H2,(H,25,29);4-6,8H,2-3,7H2,1H3;2H2,1H3;2H,1H3/t10?,11?,12?,13-,14?,15?,16?,17+,18-,19+;4-,5-,6?;;/m00../s1. The maximum Gasteiger partial charge on any atom is 0.254 e. The molecule has 5 rings (SSSR count). The molecule has 4 saturated heterocycles. The fraction of sp³-hybridized carbons (Fsp3) is 0.966. The monoisotopic (exact) mass is 684 g/mol. The fourth-order valence-corrected chi connectivity index (χ4v) is 5.98. The van der Waals surface area contributed by atoms with Gasteiger partial charge in [-0.1, -0.05) is 0 Å². The average molecular weight is 685 g/mol. The van der Waals surface area contributed by atoms with Crippen LogP contribution in [0.25, 0.3) is 0 Å². The summed E-state index contributed by atoms with van der Waals surface area (Å²) in [7, 11) is 2.50. The average Bonchev–Trinajstić information content (AvgIpc) is 3.51. The van der Waals surface area contributed by atoms with Crippen molar-refractivity contribution >= 4 is 5.91 Å². The number of nitrogens with one attached hydrogen (secondary N) is 2. The molecule has 5 fully saturated rings. The Morgan fingerprint density at radius 3 is 2.17 bits per heavy atom. The van der Waals surface area contributed by atoms with Gasteiger partial charge in [0.15, 0.2) is 18.2 Å². The summed E-state index contributed by atoms with van der Waals surface area (Å²) in [6.07, 6.45) is -3.41. The van der Waals surface area contributed by atoms with Gasteiger partial charge in [0.1, 0.15) is 18.3 Å². The summed E-state index contributed by atoms with van der Waals surface area (Å²) in [6, 6.07) is -1.10. The third-order valence-electron chi connectivity index (χ3n) is 8.77. The number of aliphatic hydroxyl groups is 6. The van der Waals surface area contributed by atoms with Crippen LogP contribution in [0.5, 0.6) is 0 Å². The van der Waals surface area contributed by atoms with Crippen LogP contribution in [-0.4, -0.2) is 169 Å². The maximum absolute atomic E-state index is 12.5. The number of ether oxygens (including phenoxy) is 5. The predicted octanol–water partition coefficient (Wildman–Crippen LogP) is -5.34. The Morgan fingerprint density at radius 1 is 0.957 bits per heavy atom. The van der Waals surface area contributed by atoms with Crippen molar-refractivity contribution in [1.29, 1.82) is 0 Å². The van der Waals surface area contributed by atoms with E-state index in [0.29, 0.717) is 38.7 Å². The lowest BCUT2D eigenvalue weighted by Crippen LogP contribution is -2.69. The van der Waals surface area contributed by atoms with E-state index < -0.39 is 60.6 Å². The van der Waals surface area contributed by atoms with Crippen LogP contribution in [0, 0.1) is 0 Å². The third kappa shape index (κ3) is 12.0. The molecule has 1 saturated carbocycles. The molecule has 0 radical (unpaired) electrons. The molecule has 1 aliphatic carbocycles. The zero-order chi connectivity index (χ0) is 35.3. The highest BCUT2D eigenvalue weighted by atomic mass is 16.7. The van der Waals surface area contributed by atoms with E-state index in [9.17, 15) is 25.2 Å². The third-order valence-corrected chi connectivity index (χ3v) is 8.77. The molecular weight excluding hydrogens is 624 g/mol.